The maximum absolute atomic E-state index is 11.7. The molecule has 2 aromatic heterocycles. The van der Waals surface area contributed by atoms with Crippen molar-refractivity contribution in [1.29, 1.82) is 0 Å². The van der Waals surface area contributed by atoms with E-state index in [1.807, 2.05) is 18.2 Å². The van der Waals surface area contributed by atoms with Crippen molar-refractivity contribution in [2.24, 2.45) is 0 Å². The number of hydrogen-bond donors (Lipinski definition) is 2. The molecule has 9 heteroatoms. The second kappa shape index (κ2) is 6.64. The number of carbonyl (C=O) groups excluding carboxylic acids is 1. The fraction of sp³-hybridized carbons (Fsp3) is 0.235. The molecule has 26 heavy (non-hydrogen) atoms. The summed E-state index contributed by atoms with van der Waals surface area (Å²) in [6.45, 7) is 2.27. The molecule has 3 aromatic rings. The molecule has 4 rings (SSSR count). The smallest absolute Gasteiger partial charge is 0.407 e. The van der Waals surface area contributed by atoms with Gasteiger partial charge in [-0.25, -0.2) is 9.78 Å². The summed E-state index contributed by atoms with van der Waals surface area (Å²) < 4.78 is 2.04. The number of hydrogen-bond acceptors (Lipinski definition) is 5. The Labute approximate surface area is 165 Å². The first-order valence-electron chi connectivity index (χ1n) is 7.89. The number of thiophene rings is 1. The van der Waals surface area contributed by atoms with Crippen LogP contribution in [0.3, 0.4) is 0 Å². The topological polar surface area (TPSA) is 82.5 Å². The van der Waals surface area contributed by atoms with Gasteiger partial charge >= 0.3 is 6.09 Å². The van der Waals surface area contributed by atoms with Crippen LogP contribution in [0.15, 0.2) is 22.7 Å². The van der Waals surface area contributed by atoms with Crippen LogP contribution < -0.4 is 5.32 Å². The summed E-state index contributed by atoms with van der Waals surface area (Å²) in [5, 5.41) is 13.8. The van der Waals surface area contributed by atoms with Gasteiger partial charge in [-0.1, -0.05) is 15.9 Å². The molecule has 0 saturated carbocycles. The second-order valence-corrected chi connectivity index (χ2v) is 9.03. The minimum Gasteiger partial charge on any atom is -0.465 e. The zero-order chi connectivity index (χ0) is 18.4. The number of benzene rings is 1. The van der Waals surface area contributed by atoms with Crippen LogP contribution in [0.2, 0.25) is 0 Å². The largest absolute Gasteiger partial charge is 0.465 e. The van der Waals surface area contributed by atoms with Gasteiger partial charge in [-0.15, -0.1) is 22.7 Å². The van der Waals surface area contributed by atoms with Gasteiger partial charge in [0.15, 0.2) is 0 Å². The van der Waals surface area contributed by atoms with Crippen LogP contribution in [0, 0.1) is 0 Å². The van der Waals surface area contributed by atoms with Gasteiger partial charge in [0.2, 0.25) is 5.91 Å². The number of fused-ring (bicyclic) bond motifs is 2. The Balaban J connectivity index is 1.85. The fourth-order valence-corrected chi connectivity index (χ4v) is 5.80. The normalized spacial score (nSPS) is 13.7. The van der Waals surface area contributed by atoms with Crippen molar-refractivity contribution in [3.05, 3.63) is 33.1 Å². The van der Waals surface area contributed by atoms with Gasteiger partial charge in [-0.2, -0.15) is 0 Å². The highest BCUT2D eigenvalue weighted by molar-refractivity contribution is 9.10. The number of thiazole rings is 1. The first-order chi connectivity index (χ1) is 12.4. The quantitative estimate of drug-likeness (QED) is 0.586. The van der Waals surface area contributed by atoms with E-state index in [4.69, 9.17) is 4.98 Å². The Kier molecular flexibility index (Phi) is 4.45. The van der Waals surface area contributed by atoms with Crippen LogP contribution in [0.25, 0.3) is 20.8 Å². The number of carboxylic acid groups (broad SMARTS) is 1. The lowest BCUT2D eigenvalue weighted by Crippen LogP contribution is -2.34. The Morgan fingerprint density at radius 3 is 2.88 bits per heavy atom. The first kappa shape index (κ1) is 17.4. The van der Waals surface area contributed by atoms with Crippen LogP contribution in [0.4, 0.5) is 9.80 Å². The summed E-state index contributed by atoms with van der Waals surface area (Å²) in [5.74, 6) is -0.149. The van der Waals surface area contributed by atoms with E-state index in [9.17, 15) is 14.7 Å². The number of rotatable bonds is 2. The molecule has 134 valence electrons. The maximum atomic E-state index is 11.7. The Morgan fingerprint density at radius 1 is 1.35 bits per heavy atom. The Bertz CT molecular complexity index is 1040. The third-order valence-corrected chi connectivity index (χ3v) is 6.86. The molecule has 3 heterocycles. The minimum atomic E-state index is -0.920. The average molecular weight is 452 g/mol. The minimum absolute atomic E-state index is 0.149. The van der Waals surface area contributed by atoms with Crippen LogP contribution in [0.1, 0.15) is 17.4 Å². The lowest BCUT2D eigenvalue weighted by molar-refractivity contribution is -0.114. The van der Waals surface area contributed by atoms with Crippen LogP contribution in [-0.2, 0) is 17.8 Å². The van der Waals surface area contributed by atoms with E-state index >= 15 is 0 Å². The van der Waals surface area contributed by atoms with Gasteiger partial charge in [0.25, 0.3) is 0 Å². The molecule has 0 unspecified atom stereocenters. The Hall–Kier alpha value is -1.97. The molecule has 0 saturated heterocycles. The standard InChI is InChI=1S/C17H14BrN3O3S2/c1-8(22)19-15-14(10-4-5-21(17(23)24)7-13(10)26-15)16-20-11-6-9(18)2-3-12(11)25-16/h2-3,6H,4-5,7H2,1H3,(H,19,22)(H,23,24). The molecule has 0 aliphatic carbocycles. The van der Waals surface area contributed by atoms with Gasteiger partial charge in [-0.05, 0) is 30.2 Å². The van der Waals surface area contributed by atoms with Gasteiger partial charge in [0.1, 0.15) is 10.0 Å². The van der Waals surface area contributed by atoms with Crippen LogP contribution >= 0.6 is 38.6 Å². The number of nitrogens with one attached hydrogen (secondary N) is 1. The highest BCUT2D eigenvalue weighted by atomic mass is 79.9. The predicted molar refractivity (Wildman–Crippen MR) is 107 cm³/mol. The summed E-state index contributed by atoms with van der Waals surface area (Å²) in [7, 11) is 0. The molecule has 0 atom stereocenters. The summed E-state index contributed by atoms with van der Waals surface area (Å²) >= 11 is 6.48. The second-order valence-electron chi connectivity index (χ2n) is 5.97. The third-order valence-electron chi connectivity index (χ3n) is 4.18. The van der Waals surface area contributed by atoms with E-state index in [2.05, 4.69) is 21.2 Å². The highest BCUT2D eigenvalue weighted by Crippen LogP contribution is 2.45. The summed E-state index contributed by atoms with van der Waals surface area (Å²) in [6.07, 6.45) is -0.302. The average Bonchev–Trinajstić information content (AvgIpc) is 3.12. The lowest BCUT2D eigenvalue weighted by atomic mass is 10.0. The molecule has 0 spiro atoms. The van der Waals surface area contributed by atoms with Gasteiger partial charge in [0, 0.05) is 28.4 Å². The monoisotopic (exact) mass is 451 g/mol. The molecule has 1 aliphatic heterocycles. The van der Waals surface area contributed by atoms with Gasteiger partial charge < -0.3 is 15.3 Å². The molecule has 2 N–H and O–H groups in total. The molecule has 0 fully saturated rings. The molecule has 6 nitrogen and oxygen atoms in total. The number of anilines is 1. The van der Waals surface area contributed by atoms with E-state index in [-0.39, 0.29) is 5.91 Å². The van der Waals surface area contributed by atoms with Crippen molar-refractivity contribution in [1.82, 2.24) is 9.88 Å². The number of carbonyl (C=O) groups is 2. The van der Waals surface area contributed by atoms with E-state index < -0.39 is 6.09 Å². The van der Waals surface area contributed by atoms with Crippen LogP contribution in [-0.4, -0.2) is 33.5 Å². The summed E-state index contributed by atoms with van der Waals surface area (Å²) in [6, 6.07) is 5.97. The highest BCUT2D eigenvalue weighted by Gasteiger charge is 2.29. The third kappa shape index (κ3) is 3.10. The zero-order valence-electron chi connectivity index (χ0n) is 13.7. The van der Waals surface area contributed by atoms with E-state index in [1.54, 1.807) is 11.3 Å². The van der Waals surface area contributed by atoms with Crippen molar-refractivity contribution in [2.75, 3.05) is 11.9 Å². The molecule has 0 bridgehead atoms. The number of amides is 2. The maximum Gasteiger partial charge on any atom is 0.407 e. The van der Waals surface area contributed by atoms with Crippen molar-refractivity contribution >= 4 is 65.8 Å². The summed E-state index contributed by atoms with van der Waals surface area (Å²) in [5.41, 5.74) is 2.92. The van der Waals surface area contributed by atoms with Crippen LogP contribution in [0.5, 0.6) is 0 Å². The lowest BCUT2D eigenvalue weighted by Gasteiger charge is -2.24. The van der Waals surface area contributed by atoms with E-state index in [0.29, 0.717) is 19.5 Å². The molecule has 1 aromatic carbocycles. The van der Waals surface area contributed by atoms with Crippen molar-refractivity contribution in [3.63, 3.8) is 0 Å². The zero-order valence-corrected chi connectivity index (χ0v) is 16.9. The molecule has 0 radical (unpaired) electrons. The summed E-state index contributed by atoms with van der Waals surface area (Å²) in [4.78, 5) is 30.1. The van der Waals surface area contributed by atoms with Gasteiger partial charge in [0.05, 0.1) is 16.8 Å². The predicted octanol–water partition coefficient (Wildman–Crippen LogP) is 4.78. The molecule has 1 aliphatic rings. The Morgan fingerprint density at radius 2 is 2.15 bits per heavy atom. The van der Waals surface area contributed by atoms with Crippen molar-refractivity contribution in [3.8, 4) is 10.6 Å². The number of aromatic nitrogens is 1. The SMILES string of the molecule is CC(=O)Nc1sc2c(c1-c1nc3cc(Br)ccc3s1)CCN(C(=O)O)C2. The van der Waals surface area contributed by atoms with Crippen molar-refractivity contribution < 1.29 is 14.7 Å². The van der Waals surface area contributed by atoms with Gasteiger partial charge in [-0.3, -0.25) is 4.79 Å². The fourth-order valence-electron chi connectivity index (χ4n) is 3.05. The molecule has 2 amide bonds. The molecular weight excluding hydrogens is 438 g/mol. The number of halogens is 1. The van der Waals surface area contributed by atoms with E-state index in [1.165, 1.54) is 23.2 Å². The van der Waals surface area contributed by atoms with E-state index in [0.717, 1.165) is 40.7 Å². The first-order valence-corrected chi connectivity index (χ1v) is 10.3. The van der Waals surface area contributed by atoms with Crippen molar-refractivity contribution in [2.45, 2.75) is 19.9 Å². The number of nitrogens with zero attached hydrogens (tertiary/aromatic N) is 2. The molecular formula is C17H14BrN3O3S2.